The van der Waals surface area contributed by atoms with Gasteiger partial charge in [0.25, 0.3) is 0 Å². The molecule has 0 saturated carbocycles. The number of anilines is 1. The Kier molecular flexibility index (Phi) is 5.22. The highest BCUT2D eigenvalue weighted by atomic mass is 32.1. The van der Waals surface area contributed by atoms with Gasteiger partial charge in [0.05, 0.1) is 11.7 Å². The summed E-state index contributed by atoms with van der Waals surface area (Å²) in [5.41, 5.74) is 8.49. The largest absolute Gasteiger partial charge is 0.330 e. The average molecular weight is 428 g/mol. The molecule has 5 rings (SSSR count). The van der Waals surface area contributed by atoms with E-state index in [4.69, 9.17) is 5.73 Å². The van der Waals surface area contributed by atoms with Crippen LogP contribution in [0.25, 0.3) is 31.3 Å². The van der Waals surface area contributed by atoms with Gasteiger partial charge in [-0.1, -0.05) is 55.1 Å². The smallest absolute Gasteiger partial charge is 0.326 e. The van der Waals surface area contributed by atoms with Crippen molar-refractivity contribution in [3.63, 3.8) is 0 Å². The third-order valence-electron chi connectivity index (χ3n) is 5.97. The molecule has 5 heteroatoms. The number of nitrogens with zero attached hydrogens (tertiary/aromatic N) is 1. The number of rotatable bonds is 6. The average Bonchev–Trinajstić information content (AvgIpc) is 3.34. The monoisotopic (exact) mass is 427 g/mol. The van der Waals surface area contributed by atoms with Crippen molar-refractivity contribution in [2.24, 2.45) is 5.73 Å². The second-order valence-electron chi connectivity index (χ2n) is 7.94. The molecule has 4 nitrogen and oxygen atoms in total. The van der Waals surface area contributed by atoms with Gasteiger partial charge in [-0.15, -0.1) is 11.3 Å². The highest BCUT2D eigenvalue weighted by Crippen LogP contribution is 2.41. The first-order chi connectivity index (χ1) is 15.2. The molecular weight excluding hydrogens is 402 g/mol. The molecule has 2 heterocycles. The molecule has 0 spiro atoms. The van der Waals surface area contributed by atoms with Crippen molar-refractivity contribution in [3.8, 4) is 10.4 Å². The Morgan fingerprint density at radius 1 is 1.00 bits per heavy atom. The molecule has 1 atom stereocenters. The van der Waals surface area contributed by atoms with Gasteiger partial charge >= 0.3 is 6.03 Å². The summed E-state index contributed by atoms with van der Waals surface area (Å²) in [6, 6.07) is 23.0. The number of benzene rings is 3. The van der Waals surface area contributed by atoms with Gasteiger partial charge in [-0.2, -0.15) is 0 Å². The second kappa shape index (κ2) is 8.17. The number of hydrogen-bond acceptors (Lipinski definition) is 3. The molecule has 3 aromatic carbocycles. The summed E-state index contributed by atoms with van der Waals surface area (Å²) < 4.78 is 1.28. The van der Waals surface area contributed by atoms with E-state index in [1.54, 1.807) is 16.2 Å². The van der Waals surface area contributed by atoms with Crippen LogP contribution < -0.4 is 16.0 Å². The number of nitrogens with one attached hydrogen (secondary N) is 1. The fourth-order valence-electron chi connectivity index (χ4n) is 4.39. The Bertz CT molecular complexity index is 1260. The minimum atomic E-state index is -0.109. The number of nitrogens with two attached hydrogens (primary N) is 1. The molecule has 156 valence electrons. The Balaban J connectivity index is 1.56. The summed E-state index contributed by atoms with van der Waals surface area (Å²) in [4.78, 5) is 15.8. The third kappa shape index (κ3) is 3.50. The zero-order valence-electron chi connectivity index (χ0n) is 17.3. The fourth-order valence-corrected chi connectivity index (χ4v) is 5.49. The lowest BCUT2D eigenvalue weighted by Crippen LogP contribution is -2.28. The molecule has 31 heavy (non-hydrogen) atoms. The van der Waals surface area contributed by atoms with Crippen molar-refractivity contribution in [2.75, 3.05) is 11.4 Å². The van der Waals surface area contributed by atoms with E-state index in [9.17, 15) is 4.79 Å². The zero-order valence-corrected chi connectivity index (χ0v) is 18.1. The standard InChI is InChI=1S/C26H25N3OS/c1-17-22(11-6-7-15-27)28-26(30)29(17)23-14-13-21(19-9-3-4-10-20(19)23)25-16-18-8-2-5-12-24(18)31-25/h2-5,8-10,12-14,16,22H,1,6-7,11,15,27H2,(H,28,30)/t22-/m0/s1. The molecule has 0 radical (unpaired) electrons. The summed E-state index contributed by atoms with van der Waals surface area (Å²) in [7, 11) is 0. The molecular formula is C26H25N3OS. The van der Waals surface area contributed by atoms with Crippen LogP contribution in [0, 0.1) is 0 Å². The van der Waals surface area contributed by atoms with Crippen LogP contribution in [0.2, 0.25) is 0 Å². The highest BCUT2D eigenvalue weighted by molar-refractivity contribution is 7.22. The summed E-state index contributed by atoms with van der Waals surface area (Å²) >= 11 is 1.80. The molecule has 1 aliphatic heterocycles. The molecule has 0 bridgehead atoms. The molecule has 1 aromatic heterocycles. The zero-order chi connectivity index (χ0) is 21.4. The second-order valence-corrected chi connectivity index (χ2v) is 9.02. The van der Waals surface area contributed by atoms with Gasteiger partial charge in [-0.05, 0) is 60.3 Å². The lowest BCUT2D eigenvalue weighted by molar-refractivity contribution is 0.250. The van der Waals surface area contributed by atoms with Crippen LogP contribution in [-0.2, 0) is 0 Å². The quantitative estimate of drug-likeness (QED) is 0.357. The molecule has 3 N–H and O–H groups in total. The summed E-state index contributed by atoms with van der Waals surface area (Å²) in [5.74, 6) is 0. The van der Waals surface area contributed by atoms with Gasteiger partial charge in [-0.25, -0.2) is 4.79 Å². The van der Waals surface area contributed by atoms with Crippen LogP contribution in [0.5, 0.6) is 0 Å². The maximum Gasteiger partial charge on any atom is 0.326 e. The molecule has 1 fully saturated rings. The van der Waals surface area contributed by atoms with Crippen LogP contribution >= 0.6 is 11.3 Å². The minimum Gasteiger partial charge on any atom is -0.330 e. The lowest BCUT2D eigenvalue weighted by atomic mass is 10.00. The number of fused-ring (bicyclic) bond motifs is 2. The molecule has 4 aromatic rings. The predicted octanol–water partition coefficient (Wildman–Crippen LogP) is 6.26. The molecule has 2 amide bonds. The van der Waals surface area contributed by atoms with Crippen LogP contribution in [0.4, 0.5) is 10.5 Å². The van der Waals surface area contributed by atoms with Crippen molar-refractivity contribution < 1.29 is 4.79 Å². The molecule has 1 aliphatic rings. The van der Waals surface area contributed by atoms with Crippen molar-refractivity contribution in [2.45, 2.75) is 25.3 Å². The normalized spacial score (nSPS) is 16.4. The third-order valence-corrected chi connectivity index (χ3v) is 7.12. The number of carbonyl (C=O) groups excluding carboxylic acids is 1. The number of urea groups is 1. The molecule has 0 unspecified atom stereocenters. The summed E-state index contributed by atoms with van der Waals surface area (Å²) in [6.45, 7) is 4.92. The van der Waals surface area contributed by atoms with Crippen LogP contribution in [0.3, 0.4) is 0 Å². The minimum absolute atomic E-state index is 0.0416. The number of hydrogen-bond donors (Lipinski definition) is 2. The number of thiophene rings is 1. The van der Waals surface area contributed by atoms with E-state index in [0.29, 0.717) is 6.54 Å². The van der Waals surface area contributed by atoms with E-state index in [1.165, 1.54) is 20.5 Å². The van der Waals surface area contributed by atoms with E-state index in [1.807, 2.05) is 6.07 Å². The van der Waals surface area contributed by atoms with E-state index in [2.05, 4.69) is 72.6 Å². The summed E-state index contributed by atoms with van der Waals surface area (Å²) in [5, 5.41) is 6.53. The van der Waals surface area contributed by atoms with Crippen molar-refractivity contribution in [1.29, 1.82) is 0 Å². The van der Waals surface area contributed by atoms with Crippen molar-refractivity contribution in [3.05, 3.63) is 79.0 Å². The SMILES string of the molecule is C=C1[C@H](CCCCN)NC(=O)N1c1ccc(-c2cc3ccccc3s2)c2ccccc12. The number of amides is 2. The van der Waals surface area contributed by atoms with E-state index in [0.717, 1.165) is 41.4 Å². The Morgan fingerprint density at radius 2 is 1.77 bits per heavy atom. The highest BCUT2D eigenvalue weighted by Gasteiger charge is 2.34. The fraction of sp³-hybridized carbons (Fsp3) is 0.192. The molecule has 1 saturated heterocycles. The predicted molar refractivity (Wildman–Crippen MR) is 132 cm³/mol. The Labute approximate surface area is 186 Å². The first kappa shape index (κ1) is 19.8. The Hall–Kier alpha value is -3.15. The maximum atomic E-state index is 12.9. The summed E-state index contributed by atoms with van der Waals surface area (Å²) in [6.07, 6.45) is 2.78. The first-order valence-electron chi connectivity index (χ1n) is 10.7. The first-order valence-corrected chi connectivity index (χ1v) is 11.5. The van der Waals surface area contributed by atoms with E-state index < -0.39 is 0 Å². The number of unbranched alkanes of at least 4 members (excludes halogenated alkanes) is 1. The van der Waals surface area contributed by atoms with E-state index >= 15 is 0 Å². The van der Waals surface area contributed by atoms with Crippen molar-refractivity contribution in [1.82, 2.24) is 5.32 Å². The Morgan fingerprint density at radius 3 is 2.58 bits per heavy atom. The van der Waals surface area contributed by atoms with E-state index in [-0.39, 0.29) is 12.1 Å². The van der Waals surface area contributed by atoms with Crippen LogP contribution in [0.15, 0.2) is 79.0 Å². The van der Waals surface area contributed by atoms with Gasteiger partial charge in [0.2, 0.25) is 0 Å². The topological polar surface area (TPSA) is 58.4 Å². The molecule has 0 aliphatic carbocycles. The van der Waals surface area contributed by atoms with Crippen LogP contribution in [0.1, 0.15) is 19.3 Å². The van der Waals surface area contributed by atoms with Crippen LogP contribution in [-0.4, -0.2) is 18.6 Å². The van der Waals surface area contributed by atoms with Gasteiger partial charge < -0.3 is 11.1 Å². The lowest BCUT2D eigenvalue weighted by Gasteiger charge is -2.20. The van der Waals surface area contributed by atoms with Crippen molar-refractivity contribution >= 4 is 43.9 Å². The van der Waals surface area contributed by atoms with Gasteiger partial charge in [-0.3, -0.25) is 4.90 Å². The van der Waals surface area contributed by atoms with Gasteiger partial charge in [0.1, 0.15) is 0 Å². The van der Waals surface area contributed by atoms with Gasteiger partial charge in [0, 0.05) is 20.7 Å². The number of carbonyl (C=O) groups is 1. The maximum absolute atomic E-state index is 12.9. The van der Waals surface area contributed by atoms with Gasteiger partial charge in [0.15, 0.2) is 0 Å².